The smallest absolute Gasteiger partial charge is 0.148 e. The highest BCUT2D eigenvalue weighted by Gasteiger charge is 2.00. The Bertz CT molecular complexity index is 296. The van der Waals surface area contributed by atoms with Crippen molar-refractivity contribution in [2.45, 2.75) is 0 Å². The van der Waals surface area contributed by atoms with Crippen molar-refractivity contribution in [3.8, 4) is 0 Å². The van der Waals surface area contributed by atoms with Crippen LogP contribution in [0.25, 0.3) is 6.08 Å². The summed E-state index contributed by atoms with van der Waals surface area (Å²) in [6.45, 7) is 0. The molecule has 1 nitrogen and oxygen atoms in total. The molecule has 0 aliphatic rings. The summed E-state index contributed by atoms with van der Waals surface area (Å²) in [4.78, 5) is 3.81. The zero-order valence-corrected chi connectivity index (χ0v) is 8.37. The Morgan fingerprint density at radius 3 is 2.83 bits per heavy atom. The maximum absolute atomic E-state index is 5.84. The zero-order chi connectivity index (χ0) is 8.97. The Kier molecular flexibility index (Phi) is 3.86. The van der Waals surface area contributed by atoms with E-state index in [9.17, 15) is 0 Å². The molecule has 1 heterocycles. The zero-order valence-electron chi connectivity index (χ0n) is 6.10. The number of rotatable bonds is 2. The van der Waals surface area contributed by atoms with Gasteiger partial charge in [-0.2, -0.15) is 0 Å². The van der Waals surface area contributed by atoms with E-state index in [-0.39, 0.29) is 0 Å². The first-order valence-electron chi connectivity index (χ1n) is 3.28. The van der Waals surface area contributed by atoms with Crippen LogP contribution in [-0.4, -0.2) is 10.9 Å². The van der Waals surface area contributed by atoms with Crippen LogP contribution < -0.4 is 0 Å². The van der Waals surface area contributed by atoms with Crippen molar-refractivity contribution < 1.29 is 0 Å². The molecular weight excluding hydrogens is 216 g/mol. The molecule has 0 aliphatic carbocycles. The van der Waals surface area contributed by atoms with Crippen molar-refractivity contribution >= 4 is 40.9 Å². The molecule has 0 amide bonds. The predicted octanol–water partition coefficient (Wildman–Crippen LogP) is 3.64. The van der Waals surface area contributed by atoms with Gasteiger partial charge in [0, 0.05) is 12.1 Å². The Morgan fingerprint density at radius 2 is 2.17 bits per heavy atom. The second-order valence-corrected chi connectivity index (χ2v) is 3.11. The second-order valence-electron chi connectivity index (χ2n) is 2.06. The lowest BCUT2D eigenvalue weighted by Gasteiger charge is -1.97. The van der Waals surface area contributed by atoms with Gasteiger partial charge in [0.2, 0.25) is 0 Å². The molecule has 0 saturated heterocycles. The van der Waals surface area contributed by atoms with Gasteiger partial charge in [-0.05, 0) is 11.6 Å². The van der Waals surface area contributed by atoms with Crippen molar-refractivity contribution in [2.75, 3.05) is 5.88 Å². The number of hydrogen-bond acceptors (Lipinski definition) is 1. The largest absolute Gasteiger partial charge is 0.243 e. The van der Waals surface area contributed by atoms with Crippen LogP contribution in [0, 0.1) is 0 Å². The summed E-state index contributed by atoms with van der Waals surface area (Å²) in [5.41, 5.74) is 0.831. The Labute approximate surface area is 86.0 Å². The van der Waals surface area contributed by atoms with Crippen molar-refractivity contribution in [1.29, 1.82) is 0 Å². The summed E-state index contributed by atoms with van der Waals surface area (Å²) in [5.74, 6) is 0.455. The van der Waals surface area contributed by atoms with Crippen LogP contribution in [0.1, 0.15) is 5.56 Å². The van der Waals surface area contributed by atoms with Gasteiger partial charge < -0.3 is 0 Å². The molecular formula is C8H6Cl3N. The maximum Gasteiger partial charge on any atom is 0.148 e. The third kappa shape index (κ3) is 2.37. The molecule has 1 aromatic rings. The van der Waals surface area contributed by atoms with Crippen LogP contribution in [0.5, 0.6) is 0 Å². The van der Waals surface area contributed by atoms with Gasteiger partial charge in [-0.1, -0.05) is 35.4 Å². The van der Waals surface area contributed by atoms with E-state index in [1.165, 1.54) is 0 Å². The molecule has 64 valence electrons. The average Bonchev–Trinajstić information content (AvgIpc) is 2.08. The third-order valence-corrected chi connectivity index (χ3v) is 2.22. The van der Waals surface area contributed by atoms with E-state index >= 15 is 0 Å². The molecule has 0 aliphatic heterocycles. The van der Waals surface area contributed by atoms with Crippen LogP contribution in [0.2, 0.25) is 10.2 Å². The SMILES string of the molecule is ClCC=Cc1ccnc(Cl)c1Cl. The molecule has 0 N–H and O–H groups in total. The van der Waals surface area contributed by atoms with E-state index in [1.54, 1.807) is 18.3 Å². The highest BCUT2D eigenvalue weighted by Crippen LogP contribution is 2.23. The number of allylic oxidation sites excluding steroid dienone is 1. The first-order chi connectivity index (χ1) is 5.75. The first kappa shape index (κ1) is 9.85. The molecule has 0 unspecified atom stereocenters. The Hall–Kier alpha value is -0.240. The molecule has 0 bridgehead atoms. The topological polar surface area (TPSA) is 12.9 Å². The van der Waals surface area contributed by atoms with Crippen LogP contribution in [0.3, 0.4) is 0 Å². The molecule has 0 saturated carbocycles. The summed E-state index contributed by atoms with van der Waals surface area (Å²) in [6.07, 6.45) is 5.20. The number of pyridine rings is 1. The molecule has 12 heavy (non-hydrogen) atoms. The minimum Gasteiger partial charge on any atom is -0.243 e. The fraction of sp³-hybridized carbons (Fsp3) is 0.125. The lowest BCUT2D eigenvalue weighted by atomic mass is 10.2. The van der Waals surface area contributed by atoms with Crippen LogP contribution in [-0.2, 0) is 0 Å². The first-order valence-corrected chi connectivity index (χ1v) is 4.57. The predicted molar refractivity (Wildman–Crippen MR) is 54.0 cm³/mol. The van der Waals surface area contributed by atoms with Crippen molar-refractivity contribution in [3.05, 3.63) is 34.1 Å². The van der Waals surface area contributed by atoms with E-state index in [2.05, 4.69) is 4.98 Å². The van der Waals surface area contributed by atoms with E-state index in [0.717, 1.165) is 5.56 Å². The highest BCUT2D eigenvalue weighted by molar-refractivity contribution is 6.42. The van der Waals surface area contributed by atoms with Gasteiger partial charge in [0.1, 0.15) is 5.15 Å². The summed E-state index contributed by atoms with van der Waals surface area (Å²) >= 11 is 17.0. The quantitative estimate of drug-likeness (QED) is 0.550. The van der Waals surface area contributed by atoms with Crippen molar-refractivity contribution in [1.82, 2.24) is 4.98 Å². The Balaban J connectivity index is 3.00. The monoisotopic (exact) mass is 221 g/mol. The molecule has 0 fully saturated rings. The van der Waals surface area contributed by atoms with Gasteiger partial charge in [0.05, 0.1) is 5.02 Å². The van der Waals surface area contributed by atoms with Crippen LogP contribution >= 0.6 is 34.8 Å². The molecule has 0 aromatic carbocycles. The van der Waals surface area contributed by atoms with Gasteiger partial charge in [-0.15, -0.1) is 11.6 Å². The van der Waals surface area contributed by atoms with Gasteiger partial charge >= 0.3 is 0 Å². The standard InChI is InChI=1S/C8H6Cl3N/c9-4-1-2-6-3-5-12-8(11)7(6)10/h1-3,5H,4H2. The highest BCUT2D eigenvalue weighted by atomic mass is 35.5. The minimum atomic E-state index is 0.313. The summed E-state index contributed by atoms with van der Waals surface area (Å²) in [7, 11) is 0. The summed E-state index contributed by atoms with van der Waals surface area (Å²) in [5, 5.41) is 0.772. The van der Waals surface area contributed by atoms with E-state index < -0.39 is 0 Å². The van der Waals surface area contributed by atoms with E-state index in [1.807, 2.05) is 6.08 Å². The fourth-order valence-corrected chi connectivity index (χ4v) is 1.16. The molecule has 0 spiro atoms. The van der Waals surface area contributed by atoms with Gasteiger partial charge in [-0.25, -0.2) is 4.98 Å². The van der Waals surface area contributed by atoms with Gasteiger partial charge in [-0.3, -0.25) is 0 Å². The number of aromatic nitrogens is 1. The number of alkyl halides is 1. The summed E-state index contributed by atoms with van der Waals surface area (Å²) in [6, 6.07) is 1.78. The molecule has 1 rings (SSSR count). The van der Waals surface area contributed by atoms with E-state index in [0.29, 0.717) is 16.1 Å². The van der Waals surface area contributed by atoms with E-state index in [4.69, 9.17) is 34.8 Å². The molecule has 0 atom stereocenters. The third-order valence-electron chi connectivity index (χ3n) is 1.26. The number of nitrogens with zero attached hydrogens (tertiary/aromatic N) is 1. The number of hydrogen-bond donors (Lipinski definition) is 0. The fourth-order valence-electron chi connectivity index (χ4n) is 0.732. The number of halogens is 3. The van der Waals surface area contributed by atoms with Crippen LogP contribution in [0.4, 0.5) is 0 Å². The average molecular weight is 223 g/mol. The Morgan fingerprint density at radius 1 is 1.42 bits per heavy atom. The maximum atomic E-state index is 5.84. The normalized spacial score (nSPS) is 10.9. The lowest BCUT2D eigenvalue weighted by molar-refractivity contribution is 1.32. The van der Waals surface area contributed by atoms with Gasteiger partial charge in [0.15, 0.2) is 0 Å². The molecule has 0 radical (unpaired) electrons. The van der Waals surface area contributed by atoms with Crippen molar-refractivity contribution in [3.63, 3.8) is 0 Å². The van der Waals surface area contributed by atoms with Gasteiger partial charge in [0.25, 0.3) is 0 Å². The minimum absolute atomic E-state index is 0.313. The van der Waals surface area contributed by atoms with Crippen molar-refractivity contribution in [2.24, 2.45) is 0 Å². The molecule has 1 aromatic heterocycles. The second kappa shape index (κ2) is 4.70. The summed E-state index contributed by atoms with van der Waals surface area (Å²) < 4.78 is 0. The van der Waals surface area contributed by atoms with Crippen LogP contribution in [0.15, 0.2) is 18.3 Å². The molecule has 4 heteroatoms. The lowest BCUT2D eigenvalue weighted by Crippen LogP contribution is -1.80.